The first-order valence-corrected chi connectivity index (χ1v) is 7.75. The van der Waals surface area contributed by atoms with Gasteiger partial charge >= 0.3 is 5.97 Å². The van der Waals surface area contributed by atoms with Crippen LogP contribution in [0.15, 0.2) is 24.3 Å². The van der Waals surface area contributed by atoms with E-state index in [1.807, 2.05) is 24.3 Å². The topological polar surface area (TPSA) is 89.6 Å². The third-order valence-corrected chi connectivity index (χ3v) is 5.20. The van der Waals surface area contributed by atoms with Crippen LogP contribution in [0.2, 0.25) is 0 Å². The third-order valence-electron chi connectivity index (χ3n) is 5.20. The molecule has 0 spiro atoms. The second-order valence-corrected chi connectivity index (χ2v) is 6.38. The molecule has 1 aromatic carbocycles. The zero-order valence-corrected chi connectivity index (χ0v) is 12.5. The SMILES string of the molecule is NC(=O)C1(c2ccc(C(C(=O)O)C3CCC3)cc2)CCOC1. The van der Waals surface area contributed by atoms with Gasteiger partial charge in [-0.15, -0.1) is 0 Å². The Balaban J connectivity index is 1.88. The van der Waals surface area contributed by atoms with Crippen molar-refractivity contribution in [3.63, 3.8) is 0 Å². The highest BCUT2D eigenvalue weighted by atomic mass is 16.5. The van der Waals surface area contributed by atoms with Crippen molar-refractivity contribution in [1.82, 2.24) is 0 Å². The summed E-state index contributed by atoms with van der Waals surface area (Å²) in [6.07, 6.45) is 3.62. The maximum atomic E-state index is 11.9. The van der Waals surface area contributed by atoms with Crippen LogP contribution in [0, 0.1) is 5.92 Å². The predicted molar refractivity (Wildman–Crippen MR) is 80.5 cm³/mol. The molecule has 0 aromatic heterocycles. The summed E-state index contributed by atoms with van der Waals surface area (Å²) in [5.74, 6) is -1.38. The molecule has 0 bridgehead atoms. The van der Waals surface area contributed by atoms with Crippen LogP contribution in [0.3, 0.4) is 0 Å². The molecular formula is C17H21NO4. The van der Waals surface area contributed by atoms with Gasteiger partial charge in [0.05, 0.1) is 17.9 Å². The van der Waals surface area contributed by atoms with Gasteiger partial charge < -0.3 is 15.6 Å². The van der Waals surface area contributed by atoms with Gasteiger partial charge in [0.2, 0.25) is 5.91 Å². The van der Waals surface area contributed by atoms with E-state index < -0.39 is 17.3 Å². The average Bonchev–Trinajstić information content (AvgIpc) is 2.93. The van der Waals surface area contributed by atoms with Crippen LogP contribution in [0.4, 0.5) is 0 Å². The molecule has 0 radical (unpaired) electrons. The van der Waals surface area contributed by atoms with Gasteiger partial charge in [0, 0.05) is 6.61 Å². The molecule has 1 aliphatic heterocycles. The van der Waals surface area contributed by atoms with E-state index in [4.69, 9.17) is 10.5 Å². The van der Waals surface area contributed by atoms with Crippen molar-refractivity contribution in [3.8, 4) is 0 Å². The van der Waals surface area contributed by atoms with Crippen LogP contribution >= 0.6 is 0 Å². The zero-order chi connectivity index (χ0) is 15.7. The van der Waals surface area contributed by atoms with Crippen LogP contribution in [0.1, 0.15) is 42.7 Å². The highest BCUT2D eigenvalue weighted by Crippen LogP contribution is 2.40. The summed E-state index contributed by atoms with van der Waals surface area (Å²) in [6.45, 7) is 0.817. The number of carbonyl (C=O) groups is 2. The summed E-state index contributed by atoms with van der Waals surface area (Å²) in [6, 6.07) is 7.33. The first kappa shape index (κ1) is 15.0. The minimum atomic E-state index is -0.772. The molecule has 3 N–H and O–H groups in total. The molecule has 1 amide bonds. The van der Waals surface area contributed by atoms with Crippen molar-refractivity contribution < 1.29 is 19.4 Å². The van der Waals surface area contributed by atoms with E-state index in [2.05, 4.69) is 0 Å². The quantitative estimate of drug-likeness (QED) is 0.868. The van der Waals surface area contributed by atoms with Gasteiger partial charge in [-0.3, -0.25) is 9.59 Å². The van der Waals surface area contributed by atoms with Crippen LogP contribution in [-0.2, 0) is 19.7 Å². The van der Waals surface area contributed by atoms with Crippen molar-refractivity contribution in [3.05, 3.63) is 35.4 Å². The number of carboxylic acid groups (broad SMARTS) is 1. The van der Waals surface area contributed by atoms with E-state index in [-0.39, 0.29) is 11.8 Å². The molecule has 5 heteroatoms. The lowest BCUT2D eigenvalue weighted by Gasteiger charge is -2.32. The first-order chi connectivity index (χ1) is 10.5. The molecule has 1 saturated carbocycles. The van der Waals surface area contributed by atoms with Crippen molar-refractivity contribution >= 4 is 11.9 Å². The molecule has 1 saturated heterocycles. The fraction of sp³-hybridized carbons (Fsp3) is 0.529. The summed E-state index contributed by atoms with van der Waals surface area (Å²) in [7, 11) is 0. The average molecular weight is 303 g/mol. The summed E-state index contributed by atoms with van der Waals surface area (Å²) in [4.78, 5) is 23.4. The normalized spacial score (nSPS) is 26.4. The lowest BCUT2D eigenvalue weighted by molar-refractivity contribution is -0.141. The number of benzene rings is 1. The molecule has 1 heterocycles. The standard InChI is InChI=1S/C17H21NO4/c18-16(21)17(8-9-22-10-17)13-6-4-12(5-7-13)14(15(19)20)11-2-1-3-11/h4-7,11,14H,1-3,8-10H2,(H2,18,21)(H,19,20). The van der Waals surface area contributed by atoms with E-state index >= 15 is 0 Å². The second-order valence-electron chi connectivity index (χ2n) is 6.38. The Morgan fingerprint density at radius 3 is 2.36 bits per heavy atom. The molecular weight excluding hydrogens is 282 g/mol. The van der Waals surface area contributed by atoms with Crippen molar-refractivity contribution in [2.24, 2.45) is 11.7 Å². The molecule has 1 aliphatic carbocycles. The van der Waals surface area contributed by atoms with Crippen LogP contribution in [-0.4, -0.2) is 30.2 Å². The smallest absolute Gasteiger partial charge is 0.311 e. The van der Waals surface area contributed by atoms with Crippen molar-refractivity contribution in [2.75, 3.05) is 13.2 Å². The monoisotopic (exact) mass is 303 g/mol. The molecule has 2 aliphatic rings. The molecule has 22 heavy (non-hydrogen) atoms. The van der Waals surface area contributed by atoms with Gasteiger partial charge in [0.25, 0.3) is 0 Å². The first-order valence-electron chi connectivity index (χ1n) is 7.75. The Labute approximate surface area is 129 Å². The number of nitrogens with two attached hydrogens (primary N) is 1. The third kappa shape index (κ3) is 2.39. The fourth-order valence-corrected chi connectivity index (χ4v) is 3.53. The molecule has 3 rings (SSSR count). The summed E-state index contributed by atoms with van der Waals surface area (Å²) < 4.78 is 5.36. The minimum absolute atomic E-state index is 0.225. The number of carboxylic acids is 1. The Kier molecular flexibility index (Phi) is 3.91. The Morgan fingerprint density at radius 1 is 1.27 bits per heavy atom. The van der Waals surface area contributed by atoms with Gasteiger partial charge in [0.15, 0.2) is 0 Å². The number of rotatable bonds is 5. The molecule has 118 valence electrons. The molecule has 1 aromatic rings. The predicted octanol–water partition coefficient (Wildman–Crippen LogP) is 1.80. The Hall–Kier alpha value is -1.88. The number of carbonyl (C=O) groups excluding carboxylic acids is 1. The number of ether oxygens (including phenoxy) is 1. The maximum absolute atomic E-state index is 11.9. The van der Waals surface area contributed by atoms with E-state index in [0.29, 0.717) is 19.6 Å². The summed E-state index contributed by atoms with van der Waals surface area (Å²) in [5, 5.41) is 9.49. The maximum Gasteiger partial charge on any atom is 0.311 e. The summed E-state index contributed by atoms with van der Waals surface area (Å²) in [5.41, 5.74) is 6.43. The number of hydrogen-bond donors (Lipinski definition) is 2. The van der Waals surface area contributed by atoms with E-state index in [9.17, 15) is 14.7 Å². The lowest BCUT2D eigenvalue weighted by Crippen LogP contribution is -2.41. The van der Waals surface area contributed by atoms with E-state index in [0.717, 1.165) is 30.4 Å². The molecule has 2 unspecified atom stereocenters. The van der Waals surface area contributed by atoms with Gasteiger partial charge in [-0.1, -0.05) is 30.7 Å². The number of amides is 1. The highest BCUT2D eigenvalue weighted by molar-refractivity contribution is 5.87. The Bertz CT molecular complexity index is 571. The highest BCUT2D eigenvalue weighted by Gasteiger charge is 2.42. The van der Waals surface area contributed by atoms with Crippen LogP contribution in [0.5, 0.6) is 0 Å². The minimum Gasteiger partial charge on any atom is -0.481 e. The fourth-order valence-electron chi connectivity index (χ4n) is 3.53. The van der Waals surface area contributed by atoms with E-state index in [1.54, 1.807) is 0 Å². The number of hydrogen-bond acceptors (Lipinski definition) is 3. The summed E-state index contributed by atoms with van der Waals surface area (Å²) >= 11 is 0. The Morgan fingerprint density at radius 2 is 1.95 bits per heavy atom. The van der Waals surface area contributed by atoms with Gasteiger partial charge in [-0.25, -0.2) is 0 Å². The molecule has 5 nitrogen and oxygen atoms in total. The van der Waals surface area contributed by atoms with E-state index in [1.165, 1.54) is 0 Å². The van der Waals surface area contributed by atoms with Crippen LogP contribution < -0.4 is 5.73 Å². The second kappa shape index (κ2) is 5.72. The van der Waals surface area contributed by atoms with Gasteiger partial charge in [-0.2, -0.15) is 0 Å². The largest absolute Gasteiger partial charge is 0.481 e. The molecule has 2 atom stereocenters. The van der Waals surface area contributed by atoms with Gasteiger partial charge in [0.1, 0.15) is 0 Å². The number of primary amides is 1. The number of aliphatic carboxylic acids is 1. The van der Waals surface area contributed by atoms with Gasteiger partial charge in [-0.05, 0) is 36.3 Å². The molecule has 2 fully saturated rings. The zero-order valence-electron chi connectivity index (χ0n) is 12.5. The van der Waals surface area contributed by atoms with Crippen molar-refractivity contribution in [2.45, 2.75) is 37.0 Å². The van der Waals surface area contributed by atoms with Crippen LogP contribution in [0.25, 0.3) is 0 Å². The van der Waals surface area contributed by atoms with Crippen molar-refractivity contribution in [1.29, 1.82) is 0 Å². The lowest BCUT2D eigenvalue weighted by atomic mass is 9.72.